The van der Waals surface area contributed by atoms with Crippen LogP contribution in [0.2, 0.25) is 0 Å². The fourth-order valence-corrected chi connectivity index (χ4v) is 6.67. The summed E-state index contributed by atoms with van der Waals surface area (Å²) < 4.78 is 8.64. The van der Waals surface area contributed by atoms with Gasteiger partial charge >= 0.3 is 0 Å². The van der Waals surface area contributed by atoms with E-state index < -0.39 is 5.41 Å². The van der Waals surface area contributed by atoms with E-state index >= 15 is 0 Å². The average molecular weight is 503 g/mol. The lowest BCUT2D eigenvalue weighted by Gasteiger charge is -2.39. The first-order valence-corrected chi connectivity index (χ1v) is 13.5. The minimum Gasteiger partial charge on any atom is -0.457 e. The number of nitrogens with zero attached hydrogens (tertiary/aromatic N) is 2. The quantitative estimate of drug-likeness (QED) is 0.242. The van der Waals surface area contributed by atoms with Gasteiger partial charge in [-0.1, -0.05) is 97.1 Å². The van der Waals surface area contributed by atoms with Crippen LogP contribution in [-0.4, -0.2) is 9.55 Å². The molecule has 0 unspecified atom stereocenters. The van der Waals surface area contributed by atoms with Crippen molar-refractivity contribution in [2.24, 2.45) is 0 Å². The number of benzene rings is 5. The van der Waals surface area contributed by atoms with Gasteiger partial charge in [0.05, 0.1) is 5.41 Å². The Morgan fingerprint density at radius 3 is 1.92 bits per heavy atom. The molecule has 6 aromatic rings. The highest BCUT2D eigenvalue weighted by Gasteiger charge is 2.50. The van der Waals surface area contributed by atoms with Gasteiger partial charge in [0.2, 0.25) is 0 Å². The maximum absolute atomic E-state index is 6.47. The largest absolute Gasteiger partial charge is 0.457 e. The van der Waals surface area contributed by atoms with Crippen molar-refractivity contribution in [1.82, 2.24) is 9.55 Å². The van der Waals surface area contributed by atoms with E-state index in [2.05, 4.69) is 132 Å². The summed E-state index contributed by atoms with van der Waals surface area (Å²) in [6, 6.07) is 41.6. The lowest BCUT2D eigenvalue weighted by Crippen LogP contribution is -2.32. The first-order chi connectivity index (χ1) is 19.3. The van der Waals surface area contributed by atoms with E-state index in [1.54, 1.807) is 0 Å². The van der Waals surface area contributed by atoms with Crippen LogP contribution in [0.3, 0.4) is 0 Å². The first-order valence-electron chi connectivity index (χ1n) is 13.5. The van der Waals surface area contributed by atoms with Crippen molar-refractivity contribution in [2.75, 3.05) is 0 Å². The summed E-state index contributed by atoms with van der Waals surface area (Å²) in [5, 5.41) is 0. The van der Waals surface area contributed by atoms with Gasteiger partial charge in [-0.2, -0.15) is 0 Å². The molecular weight excluding hydrogens is 476 g/mol. The molecule has 186 valence electrons. The fraction of sp³-hybridized carbons (Fsp3) is 0.0833. The van der Waals surface area contributed by atoms with E-state index in [0.717, 1.165) is 29.4 Å². The summed E-state index contributed by atoms with van der Waals surface area (Å²) in [4.78, 5) is 4.58. The number of ether oxygens (including phenoxy) is 1. The van der Waals surface area contributed by atoms with E-state index in [0.29, 0.717) is 0 Å². The Kier molecular flexibility index (Phi) is 4.71. The van der Waals surface area contributed by atoms with E-state index in [1.165, 1.54) is 44.5 Å². The normalized spacial score (nSPS) is 13.8. The van der Waals surface area contributed by atoms with Crippen LogP contribution in [-0.2, 0) is 12.0 Å². The van der Waals surface area contributed by atoms with E-state index in [1.807, 2.05) is 12.4 Å². The zero-order valence-corrected chi connectivity index (χ0v) is 21.6. The fourth-order valence-electron chi connectivity index (χ4n) is 6.67. The Bertz CT molecular complexity index is 1830. The topological polar surface area (TPSA) is 27.1 Å². The summed E-state index contributed by atoms with van der Waals surface area (Å²) in [5.74, 6) is 2.84. The SMILES string of the molecule is CCn1ccnc1-c1ccc(-c2ccc3c(c2)C2(c4ccccc4Oc4ccccc42)c2ccccc2-3)cc1. The molecule has 1 spiro atoms. The van der Waals surface area contributed by atoms with Crippen LogP contribution in [0.25, 0.3) is 33.6 Å². The molecule has 3 heteroatoms. The van der Waals surface area contributed by atoms with Crippen LogP contribution in [0, 0.1) is 0 Å². The smallest absolute Gasteiger partial charge is 0.139 e. The van der Waals surface area contributed by atoms with Crippen LogP contribution in [0.5, 0.6) is 11.5 Å². The highest BCUT2D eigenvalue weighted by molar-refractivity contribution is 5.90. The molecule has 0 bridgehead atoms. The lowest BCUT2D eigenvalue weighted by atomic mass is 9.66. The second-order valence-electron chi connectivity index (χ2n) is 10.3. The minimum absolute atomic E-state index is 0.445. The Morgan fingerprint density at radius 1 is 0.615 bits per heavy atom. The summed E-state index contributed by atoms with van der Waals surface area (Å²) in [7, 11) is 0. The number of hydrogen-bond acceptors (Lipinski definition) is 2. The van der Waals surface area contributed by atoms with Crippen LogP contribution in [0.1, 0.15) is 29.2 Å². The lowest BCUT2D eigenvalue weighted by molar-refractivity contribution is 0.436. The number of hydrogen-bond donors (Lipinski definition) is 0. The van der Waals surface area contributed by atoms with Gasteiger partial charge in [-0.3, -0.25) is 0 Å². The molecule has 1 aliphatic heterocycles. The Labute approximate surface area is 228 Å². The van der Waals surface area contributed by atoms with E-state index in [9.17, 15) is 0 Å². The number of rotatable bonds is 3. The van der Waals surface area contributed by atoms with Crippen molar-refractivity contribution in [3.63, 3.8) is 0 Å². The molecule has 0 fully saturated rings. The van der Waals surface area contributed by atoms with Crippen LogP contribution in [0.4, 0.5) is 0 Å². The van der Waals surface area contributed by atoms with Gasteiger partial charge in [-0.25, -0.2) is 4.98 Å². The van der Waals surface area contributed by atoms with E-state index in [-0.39, 0.29) is 0 Å². The number of aromatic nitrogens is 2. The number of imidazole rings is 1. The molecule has 0 atom stereocenters. The molecule has 0 amide bonds. The minimum atomic E-state index is -0.445. The monoisotopic (exact) mass is 502 g/mol. The Morgan fingerprint density at radius 2 is 1.21 bits per heavy atom. The molecule has 0 radical (unpaired) electrons. The van der Waals surface area contributed by atoms with Crippen LogP contribution in [0.15, 0.2) is 128 Å². The Hall–Kier alpha value is -4.89. The molecule has 3 nitrogen and oxygen atoms in total. The van der Waals surface area contributed by atoms with Crippen molar-refractivity contribution < 1.29 is 4.74 Å². The van der Waals surface area contributed by atoms with Gasteiger partial charge < -0.3 is 9.30 Å². The maximum atomic E-state index is 6.47. The van der Waals surface area contributed by atoms with Crippen molar-refractivity contribution in [3.05, 3.63) is 150 Å². The first kappa shape index (κ1) is 22.1. The van der Waals surface area contributed by atoms with Crippen LogP contribution >= 0.6 is 0 Å². The van der Waals surface area contributed by atoms with Crippen molar-refractivity contribution in [3.8, 4) is 45.1 Å². The summed E-state index contributed by atoms with van der Waals surface area (Å²) in [6.07, 6.45) is 3.90. The van der Waals surface area contributed by atoms with Crippen molar-refractivity contribution >= 4 is 0 Å². The second kappa shape index (κ2) is 8.31. The highest BCUT2D eigenvalue weighted by Crippen LogP contribution is 2.62. The van der Waals surface area contributed by atoms with Gasteiger partial charge in [0.15, 0.2) is 0 Å². The maximum Gasteiger partial charge on any atom is 0.139 e. The third-order valence-corrected chi connectivity index (χ3v) is 8.38. The molecule has 1 aliphatic carbocycles. The molecule has 1 aromatic heterocycles. The summed E-state index contributed by atoms with van der Waals surface area (Å²) >= 11 is 0. The van der Waals surface area contributed by atoms with Gasteiger partial charge in [0.25, 0.3) is 0 Å². The molecule has 0 saturated carbocycles. The van der Waals surface area contributed by atoms with Gasteiger partial charge in [-0.05, 0) is 58.5 Å². The highest BCUT2D eigenvalue weighted by atomic mass is 16.5. The standard InChI is InChI=1S/C36H26N2O/c1-2-38-22-21-37-35(38)25-17-15-24(16-18-25)26-19-20-28-27-9-3-4-10-29(27)36(32(28)23-26)30-11-5-7-13-33(30)39-34-14-8-6-12-31(34)36/h3-23H,2H2,1H3. The van der Waals surface area contributed by atoms with Gasteiger partial charge in [0, 0.05) is 35.6 Å². The third kappa shape index (κ3) is 3.01. The van der Waals surface area contributed by atoms with E-state index in [4.69, 9.17) is 4.74 Å². The molecule has 0 N–H and O–H groups in total. The second-order valence-corrected chi connectivity index (χ2v) is 10.3. The predicted octanol–water partition coefficient (Wildman–Crippen LogP) is 8.71. The molecule has 8 rings (SSSR count). The summed E-state index contributed by atoms with van der Waals surface area (Å²) in [5.41, 5.74) is 10.6. The van der Waals surface area contributed by atoms with Crippen LogP contribution < -0.4 is 4.74 Å². The molecule has 2 heterocycles. The van der Waals surface area contributed by atoms with Crippen molar-refractivity contribution in [2.45, 2.75) is 18.9 Å². The summed E-state index contributed by atoms with van der Waals surface area (Å²) in [6.45, 7) is 3.04. The molecular formula is C36H26N2O. The predicted molar refractivity (Wildman–Crippen MR) is 156 cm³/mol. The zero-order valence-electron chi connectivity index (χ0n) is 21.6. The van der Waals surface area contributed by atoms with Gasteiger partial charge in [0.1, 0.15) is 17.3 Å². The van der Waals surface area contributed by atoms with Gasteiger partial charge in [-0.15, -0.1) is 0 Å². The van der Waals surface area contributed by atoms with Crippen molar-refractivity contribution in [1.29, 1.82) is 0 Å². The molecule has 0 saturated heterocycles. The average Bonchev–Trinajstić information content (AvgIpc) is 3.59. The number of fused-ring (bicyclic) bond motifs is 9. The molecule has 39 heavy (non-hydrogen) atoms. The molecule has 5 aromatic carbocycles. The number of aryl methyl sites for hydroxylation is 1. The third-order valence-electron chi connectivity index (χ3n) is 8.38. The zero-order chi connectivity index (χ0) is 26.0. The molecule has 2 aliphatic rings. The Balaban J connectivity index is 1.36. The number of para-hydroxylation sites is 2.